The van der Waals surface area contributed by atoms with Gasteiger partial charge in [0.15, 0.2) is 5.65 Å². The number of carbonyl (C=O) groups excluding carboxylic acids is 1. The molecule has 0 aliphatic carbocycles. The predicted molar refractivity (Wildman–Crippen MR) is 118 cm³/mol. The summed E-state index contributed by atoms with van der Waals surface area (Å²) in [7, 11) is 0. The lowest BCUT2D eigenvalue weighted by molar-refractivity contribution is -0.136. The second kappa shape index (κ2) is 10.4. The molecule has 3 aromatic rings. The van der Waals surface area contributed by atoms with Gasteiger partial charge in [-0.1, -0.05) is 30.3 Å². The molecule has 1 saturated heterocycles. The van der Waals surface area contributed by atoms with Gasteiger partial charge in [0, 0.05) is 32.1 Å². The summed E-state index contributed by atoms with van der Waals surface area (Å²) < 4.78 is 1.68. The molecule has 0 spiro atoms. The zero-order valence-electron chi connectivity index (χ0n) is 16.9. The number of halogens is 1. The number of aromatic nitrogens is 4. The second-order valence-electron chi connectivity index (χ2n) is 7.47. The van der Waals surface area contributed by atoms with Crippen molar-refractivity contribution in [1.82, 2.24) is 24.7 Å². The predicted octanol–water partition coefficient (Wildman–Crippen LogP) is 2.14. The minimum Gasteiger partial charge on any atom is -0.355 e. The summed E-state index contributed by atoms with van der Waals surface area (Å²) in [5, 5.41) is 12.4. The highest BCUT2D eigenvalue weighted by molar-refractivity contribution is 5.85. The highest BCUT2D eigenvalue weighted by atomic mass is 35.5. The van der Waals surface area contributed by atoms with E-state index in [-0.39, 0.29) is 24.2 Å². The first kappa shape index (κ1) is 22.0. The van der Waals surface area contributed by atoms with E-state index in [1.165, 1.54) is 0 Å². The summed E-state index contributed by atoms with van der Waals surface area (Å²) in [5.41, 5.74) is 7.59. The average Bonchev–Trinajstić information content (AvgIpc) is 3.25. The van der Waals surface area contributed by atoms with Crippen LogP contribution in [-0.4, -0.2) is 56.8 Å². The molecule has 0 bridgehead atoms. The van der Waals surface area contributed by atoms with Gasteiger partial charge in [-0.2, -0.15) is 4.52 Å². The number of benzene rings is 1. The molecule has 2 aromatic heterocycles. The van der Waals surface area contributed by atoms with E-state index in [2.05, 4.69) is 32.3 Å². The van der Waals surface area contributed by atoms with E-state index in [0.29, 0.717) is 19.6 Å². The molecule has 160 valence electrons. The van der Waals surface area contributed by atoms with E-state index in [4.69, 9.17) is 5.73 Å². The van der Waals surface area contributed by atoms with Crippen LogP contribution in [0.3, 0.4) is 0 Å². The molecule has 1 amide bonds. The van der Waals surface area contributed by atoms with Crippen molar-refractivity contribution in [1.29, 1.82) is 0 Å². The molecule has 8 nitrogen and oxygen atoms in total. The van der Waals surface area contributed by atoms with Gasteiger partial charge in [0.1, 0.15) is 12.1 Å². The number of fused-ring (bicyclic) bond motifs is 1. The molecule has 30 heavy (non-hydrogen) atoms. The molecule has 9 heteroatoms. The van der Waals surface area contributed by atoms with Crippen molar-refractivity contribution in [3.63, 3.8) is 0 Å². The van der Waals surface area contributed by atoms with Gasteiger partial charge in [-0.15, -0.1) is 27.7 Å². The molecule has 0 saturated carbocycles. The number of hydrogen-bond donors (Lipinski definition) is 1. The SMILES string of the molecule is Cl.NCCCN(Cc1ccccc1)C(=O)C1CCN(c2ccc3nncn3n2)CC1. The van der Waals surface area contributed by atoms with E-state index in [9.17, 15) is 4.79 Å². The first-order chi connectivity index (χ1) is 14.2. The number of piperidine rings is 1. The standard InChI is InChI=1S/C21H27N7O.ClH/c22-11-4-12-27(15-17-5-2-1-3-6-17)21(29)18-9-13-26(14-10-18)20-8-7-19-24-23-16-28(19)25-20;/h1-3,5-8,16,18H,4,9-15,22H2;1H. The van der Waals surface area contributed by atoms with Crippen LogP contribution in [0.4, 0.5) is 5.82 Å². The molecule has 1 aliphatic rings. The van der Waals surface area contributed by atoms with Crippen LogP contribution in [0, 0.1) is 5.92 Å². The van der Waals surface area contributed by atoms with Crippen LogP contribution in [0.15, 0.2) is 48.8 Å². The van der Waals surface area contributed by atoms with Crippen LogP contribution >= 0.6 is 12.4 Å². The van der Waals surface area contributed by atoms with Gasteiger partial charge in [0.05, 0.1) is 0 Å². The largest absolute Gasteiger partial charge is 0.355 e. The highest BCUT2D eigenvalue weighted by Crippen LogP contribution is 2.24. The third kappa shape index (κ3) is 5.06. The van der Waals surface area contributed by atoms with Gasteiger partial charge < -0.3 is 15.5 Å². The minimum atomic E-state index is 0. The summed E-state index contributed by atoms with van der Waals surface area (Å²) in [4.78, 5) is 17.4. The molecule has 1 fully saturated rings. The van der Waals surface area contributed by atoms with Crippen LogP contribution in [0.1, 0.15) is 24.8 Å². The normalized spacial score (nSPS) is 14.5. The van der Waals surface area contributed by atoms with Gasteiger partial charge in [-0.05, 0) is 43.5 Å². The maximum atomic E-state index is 13.2. The zero-order chi connectivity index (χ0) is 20.1. The van der Waals surface area contributed by atoms with Gasteiger partial charge >= 0.3 is 0 Å². The lowest BCUT2D eigenvalue weighted by atomic mass is 9.95. The fraction of sp³-hybridized carbons (Fsp3) is 0.429. The Bertz CT molecular complexity index is 941. The number of nitrogens with two attached hydrogens (primary N) is 1. The van der Waals surface area contributed by atoms with E-state index in [1.807, 2.05) is 35.2 Å². The Hall–Kier alpha value is -2.71. The second-order valence-corrected chi connectivity index (χ2v) is 7.47. The molecule has 0 atom stereocenters. The molecular weight excluding hydrogens is 402 g/mol. The molecule has 4 rings (SSSR count). The van der Waals surface area contributed by atoms with E-state index in [0.717, 1.165) is 49.4 Å². The molecule has 1 aromatic carbocycles. The Morgan fingerprint density at radius 2 is 1.90 bits per heavy atom. The van der Waals surface area contributed by atoms with Crippen LogP contribution in [-0.2, 0) is 11.3 Å². The van der Waals surface area contributed by atoms with E-state index >= 15 is 0 Å². The number of rotatable bonds is 7. The van der Waals surface area contributed by atoms with Crippen LogP contribution in [0.5, 0.6) is 0 Å². The van der Waals surface area contributed by atoms with Crippen molar-refractivity contribution in [3.05, 3.63) is 54.4 Å². The Labute approximate surface area is 182 Å². The molecule has 0 unspecified atom stereocenters. The summed E-state index contributed by atoms with van der Waals surface area (Å²) in [6, 6.07) is 14.0. The third-order valence-corrected chi connectivity index (χ3v) is 5.48. The quantitative estimate of drug-likeness (QED) is 0.618. The molecule has 1 aliphatic heterocycles. The van der Waals surface area contributed by atoms with Crippen molar-refractivity contribution in [2.24, 2.45) is 11.7 Å². The van der Waals surface area contributed by atoms with Crippen LogP contribution in [0.2, 0.25) is 0 Å². The highest BCUT2D eigenvalue weighted by Gasteiger charge is 2.29. The summed E-state index contributed by atoms with van der Waals surface area (Å²) in [5.74, 6) is 1.18. The zero-order valence-corrected chi connectivity index (χ0v) is 17.7. The van der Waals surface area contributed by atoms with Crippen molar-refractivity contribution in [2.75, 3.05) is 31.1 Å². The molecular formula is C21H28ClN7O. The minimum absolute atomic E-state index is 0. The summed E-state index contributed by atoms with van der Waals surface area (Å²) in [6.45, 7) is 3.57. The van der Waals surface area contributed by atoms with Crippen molar-refractivity contribution in [2.45, 2.75) is 25.8 Å². The lowest BCUT2D eigenvalue weighted by Gasteiger charge is -2.35. The van der Waals surface area contributed by atoms with Crippen molar-refractivity contribution < 1.29 is 4.79 Å². The number of amides is 1. The van der Waals surface area contributed by atoms with Gasteiger partial charge in [-0.3, -0.25) is 4.79 Å². The number of anilines is 1. The maximum Gasteiger partial charge on any atom is 0.226 e. The number of hydrogen-bond acceptors (Lipinski definition) is 6. The first-order valence-electron chi connectivity index (χ1n) is 10.2. The topological polar surface area (TPSA) is 92.6 Å². The fourth-order valence-electron chi connectivity index (χ4n) is 3.85. The van der Waals surface area contributed by atoms with Crippen LogP contribution in [0.25, 0.3) is 5.65 Å². The third-order valence-electron chi connectivity index (χ3n) is 5.48. The van der Waals surface area contributed by atoms with E-state index < -0.39 is 0 Å². The van der Waals surface area contributed by atoms with Gasteiger partial charge in [-0.25, -0.2) is 0 Å². The fourth-order valence-corrected chi connectivity index (χ4v) is 3.85. The van der Waals surface area contributed by atoms with Gasteiger partial charge in [0.2, 0.25) is 5.91 Å². The maximum absolute atomic E-state index is 13.2. The lowest BCUT2D eigenvalue weighted by Crippen LogP contribution is -2.43. The van der Waals surface area contributed by atoms with E-state index in [1.54, 1.807) is 10.8 Å². The Balaban J connectivity index is 0.00000256. The number of carbonyl (C=O) groups is 1. The molecule has 2 N–H and O–H groups in total. The molecule has 3 heterocycles. The van der Waals surface area contributed by atoms with Gasteiger partial charge in [0.25, 0.3) is 0 Å². The average molecular weight is 430 g/mol. The molecule has 0 radical (unpaired) electrons. The summed E-state index contributed by atoms with van der Waals surface area (Å²) in [6.07, 6.45) is 4.08. The number of nitrogens with zero attached hydrogens (tertiary/aromatic N) is 6. The first-order valence-corrected chi connectivity index (χ1v) is 10.2. The van der Waals surface area contributed by atoms with Crippen LogP contribution < -0.4 is 10.6 Å². The Morgan fingerprint density at radius 1 is 1.13 bits per heavy atom. The Kier molecular flexibility index (Phi) is 7.59. The van der Waals surface area contributed by atoms with Crippen molar-refractivity contribution >= 4 is 29.8 Å². The smallest absolute Gasteiger partial charge is 0.226 e. The summed E-state index contributed by atoms with van der Waals surface area (Å²) >= 11 is 0. The monoisotopic (exact) mass is 429 g/mol. The van der Waals surface area contributed by atoms with Crippen molar-refractivity contribution in [3.8, 4) is 0 Å². The Morgan fingerprint density at radius 3 is 2.63 bits per heavy atom.